The van der Waals surface area contributed by atoms with Crippen LogP contribution in [0, 0.1) is 21.4 Å². The van der Waals surface area contributed by atoms with Crippen LogP contribution in [0.5, 0.6) is 5.75 Å². The first kappa shape index (κ1) is 13.3. The fraction of sp³-hybridized carbons (Fsp3) is 0.364. The molecule has 0 saturated heterocycles. The Balaban J connectivity index is 2.48. The summed E-state index contributed by atoms with van der Waals surface area (Å²) in [6.07, 6.45) is 2.05. The summed E-state index contributed by atoms with van der Waals surface area (Å²) in [6.45, 7) is 0.468. The van der Waals surface area contributed by atoms with Gasteiger partial charge in [-0.2, -0.15) is 5.26 Å². The molecular weight excluding hydrogens is 244 g/mol. The minimum atomic E-state index is -0.543. The highest BCUT2D eigenvalue weighted by molar-refractivity contribution is 6.32. The van der Waals surface area contributed by atoms with Gasteiger partial charge in [-0.3, -0.25) is 10.1 Å². The van der Waals surface area contributed by atoms with E-state index in [0.717, 1.165) is 12.8 Å². The van der Waals surface area contributed by atoms with Crippen LogP contribution in [0.4, 0.5) is 5.69 Å². The van der Waals surface area contributed by atoms with E-state index in [9.17, 15) is 10.1 Å². The molecule has 1 aromatic rings. The van der Waals surface area contributed by atoms with Crippen LogP contribution in [0.15, 0.2) is 18.2 Å². The SMILES string of the molecule is N#CCCCCOc1ccc([N+](=O)[O-])c(Cl)c1. The van der Waals surface area contributed by atoms with Crippen molar-refractivity contribution in [3.63, 3.8) is 0 Å². The van der Waals surface area contributed by atoms with E-state index < -0.39 is 4.92 Å². The minimum Gasteiger partial charge on any atom is -0.494 e. The van der Waals surface area contributed by atoms with E-state index in [0.29, 0.717) is 18.8 Å². The number of nitrogens with zero attached hydrogens (tertiary/aromatic N) is 2. The summed E-state index contributed by atoms with van der Waals surface area (Å²) in [6, 6.07) is 6.29. The van der Waals surface area contributed by atoms with E-state index in [-0.39, 0.29) is 10.7 Å². The number of nitro groups is 1. The lowest BCUT2D eigenvalue weighted by molar-refractivity contribution is -0.384. The fourth-order valence-electron chi connectivity index (χ4n) is 1.22. The number of nitro benzene ring substituents is 1. The predicted molar refractivity (Wildman–Crippen MR) is 63.1 cm³/mol. The van der Waals surface area contributed by atoms with Crippen LogP contribution < -0.4 is 4.74 Å². The molecule has 0 fully saturated rings. The van der Waals surface area contributed by atoms with Gasteiger partial charge in [0, 0.05) is 18.6 Å². The van der Waals surface area contributed by atoms with E-state index in [4.69, 9.17) is 21.6 Å². The molecule has 0 aliphatic carbocycles. The molecule has 0 aliphatic rings. The predicted octanol–water partition coefficient (Wildman–Crippen LogP) is 3.32. The van der Waals surface area contributed by atoms with Crippen LogP contribution in [0.3, 0.4) is 0 Å². The number of hydrogen-bond acceptors (Lipinski definition) is 4. The summed E-state index contributed by atoms with van der Waals surface area (Å²) < 4.78 is 5.35. The monoisotopic (exact) mass is 254 g/mol. The van der Waals surface area contributed by atoms with Gasteiger partial charge in [-0.05, 0) is 18.9 Å². The molecule has 0 spiro atoms. The van der Waals surface area contributed by atoms with E-state index in [1.165, 1.54) is 18.2 Å². The Kier molecular flexibility index (Phi) is 5.24. The third-order valence-electron chi connectivity index (χ3n) is 2.07. The molecule has 1 aromatic carbocycles. The summed E-state index contributed by atoms with van der Waals surface area (Å²) in [5, 5.41) is 18.9. The molecule has 0 saturated carbocycles. The van der Waals surface area contributed by atoms with Gasteiger partial charge in [0.1, 0.15) is 10.8 Å². The Morgan fingerprint density at radius 3 is 2.82 bits per heavy atom. The fourth-order valence-corrected chi connectivity index (χ4v) is 1.46. The van der Waals surface area contributed by atoms with Crippen LogP contribution in [0.2, 0.25) is 5.02 Å². The minimum absolute atomic E-state index is 0.0597. The lowest BCUT2D eigenvalue weighted by Crippen LogP contribution is -1.97. The molecule has 17 heavy (non-hydrogen) atoms. The number of benzene rings is 1. The molecule has 0 heterocycles. The summed E-state index contributed by atoms with van der Waals surface area (Å²) in [4.78, 5) is 9.97. The molecule has 5 nitrogen and oxygen atoms in total. The second kappa shape index (κ2) is 6.71. The van der Waals surface area contributed by atoms with E-state index in [2.05, 4.69) is 0 Å². The summed E-state index contributed by atoms with van der Waals surface area (Å²) in [7, 11) is 0. The summed E-state index contributed by atoms with van der Waals surface area (Å²) >= 11 is 5.72. The zero-order valence-corrected chi connectivity index (χ0v) is 9.81. The molecule has 0 atom stereocenters. The molecule has 1 rings (SSSR count). The van der Waals surface area contributed by atoms with Crippen molar-refractivity contribution in [3.8, 4) is 11.8 Å². The highest BCUT2D eigenvalue weighted by Crippen LogP contribution is 2.28. The van der Waals surface area contributed by atoms with Gasteiger partial charge in [0.2, 0.25) is 0 Å². The standard InChI is InChI=1S/C11H11ClN2O3/c12-10-8-9(4-5-11(10)14(15)16)17-7-3-1-2-6-13/h4-5,8H,1-3,7H2. The molecule has 0 N–H and O–H groups in total. The van der Waals surface area contributed by atoms with Crippen LogP contribution in [-0.2, 0) is 0 Å². The second-order valence-corrected chi connectivity index (χ2v) is 3.74. The van der Waals surface area contributed by atoms with Crippen molar-refractivity contribution >= 4 is 17.3 Å². The zero-order chi connectivity index (χ0) is 12.7. The van der Waals surface area contributed by atoms with Gasteiger partial charge < -0.3 is 4.74 Å². The normalized spacial score (nSPS) is 9.65. The van der Waals surface area contributed by atoms with Gasteiger partial charge in [-0.1, -0.05) is 11.6 Å². The van der Waals surface area contributed by atoms with Crippen molar-refractivity contribution < 1.29 is 9.66 Å². The lowest BCUT2D eigenvalue weighted by atomic mass is 10.2. The van der Waals surface area contributed by atoms with Crippen LogP contribution >= 0.6 is 11.6 Å². The van der Waals surface area contributed by atoms with Crippen molar-refractivity contribution in [3.05, 3.63) is 33.3 Å². The molecule has 0 aliphatic heterocycles. The number of rotatable bonds is 6. The van der Waals surface area contributed by atoms with Crippen molar-refractivity contribution in [1.29, 1.82) is 5.26 Å². The number of unbranched alkanes of at least 4 members (excludes halogenated alkanes) is 2. The zero-order valence-electron chi connectivity index (χ0n) is 9.06. The van der Waals surface area contributed by atoms with Crippen molar-refractivity contribution in [2.75, 3.05) is 6.61 Å². The first-order valence-electron chi connectivity index (χ1n) is 5.09. The van der Waals surface area contributed by atoms with Gasteiger partial charge in [-0.15, -0.1) is 0 Å². The molecular formula is C11H11ClN2O3. The summed E-state index contributed by atoms with van der Waals surface area (Å²) in [5.74, 6) is 0.498. The van der Waals surface area contributed by atoms with Gasteiger partial charge >= 0.3 is 0 Å². The smallest absolute Gasteiger partial charge is 0.288 e. The Morgan fingerprint density at radius 1 is 1.47 bits per heavy atom. The molecule has 0 radical (unpaired) electrons. The van der Waals surface area contributed by atoms with Gasteiger partial charge in [0.05, 0.1) is 17.6 Å². The number of hydrogen-bond donors (Lipinski definition) is 0. The van der Waals surface area contributed by atoms with Crippen molar-refractivity contribution in [2.45, 2.75) is 19.3 Å². The third-order valence-corrected chi connectivity index (χ3v) is 2.37. The van der Waals surface area contributed by atoms with Crippen LogP contribution in [-0.4, -0.2) is 11.5 Å². The maximum absolute atomic E-state index is 10.5. The second-order valence-electron chi connectivity index (χ2n) is 3.33. The largest absolute Gasteiger partial charge is 0.494 e. The van der Waals surface area contributed by atoms with Crippen molar-refractivity contribution in [1.82, 2.24) is 0 Å². The number of halogens is 1. The number of nitriles is 1. The average Bonchev–Trinajstić information content (AvgIpc) is 2.28. The quantitative estimate of drug-likeness (QED) is 0.443. The van der Waals surface area contributed by atoms with Gasteiger partial charge in [0.15, 0.2) is 0 Å². The Bertz CT molecular complexity index is 443. The van der Waals surface area contributed by atoms with Crippen LogP contribution in [0.1, 0.15) is 19.3 Å². The first-order valence-corrected chi connectivity index (χ1v) is 5.46. The molecule has 0 aromatic heterocycles. The molecule has 6 heteroatoms. The summed E-state index contributed by atoms with van der Waals surface area (Å²) in [5.41, 5.74) is -0.136. The topological polar surface area (TPSA) is 76.2 Å². The third kappa shape index (κ3) is 4.29. The number of ether oxygens (including phenoxy) is 1. The highest BCUT2D eigenvalue weighted by Gasteiger charge is 2.12. The van der Waals surface area contributed by atoms with Gasteiger partial charge in [0.25, 0.3) is 5.69 Å². The molecule has 0 unspecified atom stereocenters. The van der Waals surface area contributed by atoms with Crippen LogP contribution in [0.25, 0.3) is 0 Å². The Morgan fingerprint density at radius 2 is 2.24 bits per heavy atom. The maximum Gasteiger partial charge on any atom is 0.288 e. The molecule has 0 amide bonds. The average molecular weight is 255 g/mol. The van der Waals surface area contributed by atoms with Gasteiger partial charge in [-0.25, -0.2) is 0 Å². The van der Waals surface area contributed by atoms with E-state index in [1.54, 1.807) is 0 Å². The Labute approximate surface area is 104 Å². The Hall–Kier alpha value is -1.80. The first-order chi connectivity index (χ1) is 8.15. The van der Waals surface area contributed by atoms with Crippen molar-refractivity contribution in [2.24, 2.45) is 0 Å². The maximum atomic E-state index is 10.5. The molecule has 90 valence electrons. The lowest BCUT2D eigenvalue weighted by Gasteiger charge is -2.05. The van der Waals surface area contributed by atoms with E-state index in [1.807, 2.05) is 6.07 Å². The van der Waals surface area contributed by atoms with E-state index >= 15 is 0 Å². The highest BCUT2D eigenvalue weighted by atomic mass is 35.5. The molecule has 0 bridgehead atoms.